The Morgan fingerprint density at radius 1 is 1.10 bits per heavy atom. The maximum absolute atomic E-state index is 6.48. The molecule has 0 bridgehead atoms. The van der Waals surface area contributed by atoms with E-state index in [1.807, 2.05) is 18.2 Å². The first-order valence-corrected chi connectivity index (χ1v) is 8.13. The lowest BCUT2D eigenvalue weighted by molar-refractivity contribution is 0.416. The van der Waals surface area contributed by atoms with Crippen LogP contribution in [0.5, 0.6) is 0 Å². The Morgan fingerprint density at radius 3 is 2.50 bits per heavy atom. The molecule has 2 aromatic rings. The number of rotatable bonds is 3. The minimum Gasteiger partial charge on any atom is -0.320 e. The van der Waals surface area contributed by atoms with Gasteiger partial charge in [0, 0.05) is 9.50 Å². The molecule has 104 valence electrons. The van der Waals surface area contributed by atoms with E-state index in [-0.39, 0.29) is 6.04 Å². The summed E-state index contributed by atoms with van der Waals surface area (Å²) in [5.74, 6) is 0.673. The van der Waals surface area contributed by atoms with E-state index in [4.69, 9.17) is 17.3 Å². The van der Waals surface area contributed by atoms with Crippen molar-refractivity contribution in [2.75, 3.05) is 0 Å². The van der Waals surface area contributed by atoms with Crippen LogP contribution < -0.4 is 5.73 Å². The van der Waals surface area contributed by atoms with Gasteiger partial charge in [0.1, 0.15) is 0 Å². The van der Waals surface area contributed by atoms with Crippen molar-refractivity contribution in [3.8, 4) is 0 Å². The molecule has 0 heterocycles. The maximum atomic E-state index is 6.48. The van der Waals surface area contributed by atoms with Gasteiger partial charge in [0.25, 0.3) is 0 Å². The van der Waals surface area contributed by atoms with Crippen molar-refractivity contribution >= 4 is 27.5 Å². The lowest BCUT2D eigenvalue weighted by Gasteiger charge is -2.29. The molecule has 1 atom stereocenters. The Balaban J connectivity index is 1.99. The van der Waals surface area contributed by atoms with Gasteiger partial charge in [0.05, 0.1) is 6.04 Å². The van der Waals surface area contributed by atoms with Crippen molar-refractivity contribution in [3.05, 3.63) is 68.7 Å². The molecule has 3 rings (SSSR count). The SMILES string of the molecule is NC(c1ccc(Br)cc1Cl)c1ccccc1C1CCC1. The van der Waals surface area contributed by atoms with Crippen LogP contribution in [0.2, 0.25) is 5.02 Å². The summed E-state index contributed by atoms with van der Waals surface area (Å²) in [6.45, 7) is 0. The predicted molar refractivity (Wildman–Crippen MR) is 88.2 cm³/mol. The fourth-order valence-electron chi connectivity index (χ4n) is 2.81. The fraction of sp³-hybridized carbons (Fsp3) is 0.294. The minimum absolute atomic E-state index is 0.160. The summed E-state index contributed by atoms with van der Waals surface area (Å²) in [6.07, 6.45) is 3.88. The Morgan fingerprint density at radius 2 is 1.85 bits per heavy atom. The average molecular weight is 351 g/mol. The molecule has 2 aromatic carbocycles. The van der Waals surface area contributed by atoms with Crippen molar-refractivity contribution in [3.63, 3.8) is 0 Å². The smallest absolute Gasteiger partial charge is 0.0569 e. The van der Waals surface area contributed by atoms with Gasteiger partial charge in [-0.3, -0.25) is 0 Å². The van der Waals surface area contributed by atoms with Crippen molar-refractivity contribution in [1.82, 2.24) is 0 Å². The van der Waals surface area contributed by atoms with Gasteiger partial charge < -0.3 is 5.73 Å². The summed E-state index contributed by atoms with van der Waals surface area (Å²) < 4.78 is 0.978. The molecule has 3 heteroatoms. The number of benzene rings is 2. The van der Waals surface area contributed by atoms with Gasteiger partial charge in [-0.05, 0) is 47.6 Å². The molecule has 1 fully saturated rings. The second kappa shape index (κ2) is 5.88. The van der Waals surface area contributed by atoms with Gasteiger partial charge in [-0.1, -0.05) is 64.3 Å². The monoisotopic (exact) mass is 349 g/mol. The average Bonchev–Trinajstić information content (AvgIpc) is 2.37. The molecular weight excluding hydrogens is 334 g/mol. The molecule has 20 heavy (non-hydrogen) atoms. The molecular formula is C17H17BrClN. The van der Waals surface area contributed by atoms with Crippen LogP contribution in [0.1, 0.15) is 47.9 Å². The summed E-state index contributed by atoms with van der Waals surface area (Å²) in [5.41, 5.74) is 10.1. The van der Waals surface area contributed by atoms with E-state index >= 15 is 0 Å². The van der Waals surface area contributed by atoms with Crippen LogP contribution >= 0.6 is 27.5 Å². The van der Waals surface area contributed by atoms with Crippen LogP contribution in [0.3, 0.4) is 0 Å². The van der Waals surface area contributed by atoms with E-state index in [1.54, 1.807) is 0 Å². The molecule has 1 aliphatic carbocycles. The number of hydrogen-bond acceptors (Lipinski definition) is 1. The van der Waals surface area contributed by atoms with Crippen molar-refractivity contribution < 1.29 is 0 Å². The highest BCUT2D eigenvalue weighted by molar-refractivity contribution is 9.10. The molecule has 0 aromatic heterocycles. The highest BCUT2D eigenvalue weighted by Crippen LogP contribution is 2.40. The Bertz CT molecular complexity index is 622. The first-order valence-electron chi connectivity index (χ1n) is 6.96. The first kappa shape index (κ1) is 14.1. The summed E-state index contributed by atoms with van der Waals surface area (Å²) in [5, 5.41) is 0.718. The normalized spacial score (nSPS) is 16.8. The Labute approximate surface area is 133 Å². The topological polar surface area (TPSA) is 26.0 Å². The molecule has 0 aliphatic heterocycles. The van der Waals surface area contributed by atoms with Crippen LogP contribution in [0.15, 0.2) is 46.9 Å². The van der Waals surface area contributed by atoms with E-state index in [1.165, 1.54) is 30.4 Å². The molecule has 0 amide bonds. The van der Waals surface area contributed by atoms with Crippen LogP contribution in [-0.2, 0) is 0 Å². The van der Waals surface area contributed by atoms with Gasteiger partial charge in [-0.2, -0.15) is 0 Å². The fourth-order valence-corrected chi connectivity index (χ4v) is 3.60. The van der Waals surface area contributed by atoms with Crippen LogP contribution in [0.25, 0.3) is 0 Å². The van der Waals surface area contributed by atoms with Gasteiger partial charge in [0.2, 0.25) is 0 Å². The van der Waals surface area contributed by atoms with E-state index in [0.29, 0.717) is 5.92 Å². The van der Waals surface area contributed by atoms with E-state index in [2.05, 4.69) is 40.2 Å². The van der Waals surface area contributed by atoms with Crippen molar-refractivity contribution in [2.24, 2.45) is 5.73 Å². The zero-order valence-electron chi connectivity index (χ0n) is 11.2. The maximum Gasteiger partial charge on any atom is 0.0569 e. The highest BCUT2D eigenvalue weighted by Gasteiger charge is 2.24. The molecule has 2 N–H and O–H groups in total. The predicted octanol–water partition coefficient (Wildman–Crippen LogP) is 5.42. The lowest BCUT2D eigenvalue weighted by Crippen LogP contribution is -2.18. The quantitative estimate of drug-likeness (QED) is 0.786. The van der Waals surface area contributed by atoms with E-state index in [9.17, 15) is 0 Å². The summed E-state index contributed by atoms with van der Waals surface area (Å²) in [6, 6.07) is 14.3. The molecule has 0 saturated heterocycles. The Kier molecular flexibility index (Phi) is 4.16. The molecule has 0 spiro atoms. The van der Waals surface area contributed by atoms with Crippen molar-refractivity contribution in [1.29, 1.82) is 0 Å². The van der Waals surface area contributed by atoms with Crippen LogP contribution in [0.4, 0.5) is 0 Å². The second-order valence-electron chi connectivity index (χ2n) is 5.40. The van der Waals surface area contributed by atoms with E-state index < -0.39 is 0 Å². The molecule has 1 aliphatic rings. The third-order valence-corrected chi connectivity index (χ3v) is 4.99. The molecule has 0 radical (unpaired) electrons. The number of nitrogens with two attached hydrogens (primary N) is 1. The summed E-state index contributed by atoms with van der Waals surface area (Å²) >= 11 is 9.78. The zero-order valence-corrected chi connectivity index (χ0v) is 13.5. The largest absolute Gasteiger partial charge is 0.320 e. The number of hydrogen-bond donors (Lipinski definition) is 1. The van der Waals surface area contributed by atoms with Gasteiger partial charge in [0.15, 0.2) is 0 Å². The highest BCUT2D eigenvalue weighted by atomic mass is 79.9. The van der Waals surface area contributed by atoms with Gasteiger partial charge in [-0.25, -0.2) is 0 Å². The van der Waals surface area contributed by atoms with Crippen molar-refractivity contribution in [2.45, 2.75) is 31.2 Å². The molecule has 1 saturated carbocycles. The zero-order chi connectivity index (χ0) is 14.1. The molecule has 1 nitrogen and oxygen atoms in total. The lowest BCUT2D eigenvalue weighted by atomic mass is 9.76. The van der Waals surface area contributed by atoms with Gasteiger partial charge in [-0.15, -0.1) is 0 Å². The van der Waals surface area contributed by atoms with E-state index in [0.717, 1.165) is 15.1 Å². The number of halogens is 2. The standard InChI is InChI=1S/C17H17BrClN/c18-12-8-9-15(16(19)10-12)17(20)14-7-2-1-6-13(14)11-4-3-5-11/h1-2,6-11,17H,3-5,20H2. The third-order valence-electron chi connectivity index (χ3n) is 4.17. The Hall–Kier alpha value is -0.830. The molecule has 1 unspecified atom stereocenters. The third kappa shape index (κ3) is 2.65. The minimum atomic E-state index is -0.160. The summed E-state index contributed by atoms with van der Waals surface area (Å²) in [4.78, 5) is 0. The second-order valence-corrected chi connectivity index (χ2v) is 6.72. The van der Waals surface area contributed by atoms with Gasteiger partial charge >= 0.3 is 0 Å². The first-order chi connectivity index (χ1) is 9.66. The summed E-state index contributed by atoms with van der Waals surface area (Å²) in [7, 11) is 0. The van der Waals surface area contributed by atoms with Crippen LogP contribution in [-0.4, -0.2) is 0 Å². The van der Waals surface area contributed by atoms with Crippen LogP contribution in [0, 0.1) is 0 Å².